The highest BCUT2D eigenvalue weighted by molar-refractivity contribution is 7.99. The highest BCUT2D eigenvalue weighted by atomic mass is 32.2. The van der Waals surface area contributed by atoms with Crippen LogP contribution in [0.5, 0.6) is 0 Å². The van der Waals surface area contributed by atoms with Gasteiger partial charge < -0.3 is 14.6 Å². The maximum atomic E-state index is 5.05. The van der Waals surface area contributed by atoms with E-state index in [1.807, 2.05) is 0 Å². The number of rotatable bonds is 6. The van der Waals surface area contributed by atoms with Crippen molar-refractivity contribution >= 4 is 11.8 Å². The lowest BCUT2D eigenvalue weighted by molar-refractivity contribution is 0.200. The lowest BCUT2D eigenvalue weighted by Gasteiger charge is -2.21. The quantitative estimate of drug-likeness (QED) is 0.626. The standard InChI is InChI=1S/C12H22N4OS/c1-16-11(10-5-3-6-13-9-10)14-15-12(16)18-8-4-7-17-2/h10,13H,3-9H2,1-2H3/t10-/m0/s1. The van der Waals surface area contributed by atoms with E-state index in [1.165, 1.54) is 12.8 Å². The molecule has 0 aromatic carbocycles. The number of hydrogen-bond donors (Lipinski definition) is 1. The van der Waals surface area contributed by atoms with Crippen molar-refractivity contribution in [1.29, 1.82) is 0 Å². The third-order valence-electron chi connectivity index (χ3n) is 3.25. The Bertz CT molecular complexity index is 363. The van der Waals surface area contributed by atoms with E-state index >= 15 is 0 Å². The van der Waals surface area contributed by atoms with Gasteiger partial charge in [0.25, 0.3) is 0 Å². The zero-order valence-corrected chi connectivity index (χ0v) is 12.0. The van der Waals surface area contributed by atoms with E-state index in [2.05, 4.69) is 27.1 Å². The minimum Gasteiger partial charge on any atom is -0.385 e. The Morgan fingerprint density at radius 3 is 3.11 bits per heavy atom. The fourth-order valence-electron chi connectivity index (χ4n) is 2.25. The molecular weight excluding hydrogens is 248 g/mol. The second-order valence-electron chi connectivity index (χ2n) is 4.64. The number of aromatic nitrogens is 3. The summed E-state index contributed by atoms with van der Waals surface area (Å²) in [7, 11) is 3.81. The molecule has 0 aliphatic carbocycles. The van der Waals surface area contributed by atoms with Crippen molar-refractivity contribution in [3.63, 3.8) is 0 Å². The number of nitrogens with zero attached hydrogens (tertiary/aromatic N) is 3. The van der Waals surface area contributed by atoms with Crippen molar-refractivity contribution in [2.45, 2.75) is 30.3 Å². The highest BCUT2D eigenvalue weighted by Crippen LogP contribution is 2.24. The fourth-order valence-corrected chi connectivity index (χ4v) is 3.08. The van der Waals surface area contributed by atoms with Crippen LogP contribution in [0.3, 0.4) is 0 Å². The summed E-state index contributed by atoms with van der Waals surface area (Å²) in [5, 5.41) is 13.1. The summed E-state index contributed by atoms with van der Waals surface area (Å²) >= 11 is 1.76. The molecule has 1 aromatic rings. The summed E-state index contributed by atoms with van der Waals surface area (Å²) in [4.78, 5) is 0. The van der Waals surface area contributed by atoms with Crippen LogP contribution < -0.4 is 5.32 Å². The summed E-state index contributed by atoms with van der Waals surface area (Å²) in [6.07, 6.45) is 3.50. The summed E-state index contributed by atoms with van der Waals surface area (Å²) in [6, 6.07) is 0. The highest BCUT2D eigenvalue weighted by Gasteiger charge is 2.21. The average molecular weight is 270 g/mol. The number of ether oxygens (including phenoxy) is 1. The van der Waals surface area contributed by atoms with Crippen LogP contribution in [0, 0.1) is 0 Å². The van der Waals surface area contributed by atoms with Gasteiger partial charge in [-0.05, 0) is 25.8 Å². The molecule has 0 spiro atoms. The zero-order chi connectivity index (χ0) is 12.8. The van der Waals surface area contributed by atoms with Gasteiger partial charge in [-0.1, -0.05) is 11.8 Å². The van der Waals surface area contributed by atoms with Gasteiger partial charge in [0.1, 0.15) is 5.82 Å². The van der Waals surface area contributed by atoms with Gasteiger partial charge in [-0.25, -0.2) is 0 Å². The molecule has 0 radical (unpaired) electrons. The minimum absolute atomic E-state index is 0.518. The maximum Gasteiger partial charge on any atom is 0.190 e. The lowest BCUT2D eigenvalue weighted by atomic mass is 9.99. The predicted molar refractivity (Wildman–Crippen MR) is 73.1 cm³/mol. The first kappa shape index (κ1) is 13.8. The third-order valence-corrected chi connectivity index (χ3v) is 4.36. The molecule has 1 saturated heterocycles. The summed E-state index contributed by atoms with van der Waals surface area (Å²) in [6.45, 7) is 2.97. The van der Waals surface area contributed by atoms with Crippen LogP contribution >= 0.6 is 11.8 Å². The predicted octanol–water partition coefficient (Wildman–Crippen LogP) is 1.41. The van der Waals surface area contributed by atoms with Gasteiger partial charge in [0, 0.05) is 39.0 Å². The van der Waals surface area contributed by atoms with E-state index < -0.39 is 0 Å². The largest absolute Gasteiger partial charge is 0.385 e. The zero-order valence-electron chi connectivity index (χ0n) is 11.2. The van der Waals surface area contributed by atoms with Gasteiger partial charge in [-0.3, -0.25) is 0 Å². The number of methoxy groups -OCH3 is 1. The van der Waals surface area contributed by atoms with Crippen molar-refractivity contribution in [3.05, 3.63) is 5.82 Å². The Balaban J connectivity index is 1.90. The van der Waals surface area contributed by atoms with Gasteiger partial charge in [0.2, 0.25) is 0 Å². The van der Waals surface area contributed by atoms with Crippen molar-refractivity contribution in [1.82, 2.24) is 20.1 Å². The molecule has 1 aromatic heterocycles. The molecule has 1 fully saturated rings. The maximum absolute atomic E-state index is 5.05. The molecular formula is C12H22N4OS. The fraction of sp³-hybridized carbons (Fsp3) is 0.833. The number of nitrogens with one attached hydrogen (secondary N) is 1. The molecule has 0 amide bonds. The van der Waals surface area contributed by atoms with E-state index in [9.17, 15) is 0 Å². The van der Waals surface area contributed by atoms with E-state index in [0.717, 1.165) is 42.9 Å². The van der Waals surface area contributed by atoms with Gasteiger partial charge in [-0.2, -0.15) is 0 Å². The Hall–Kier alpha value is -0.590. The van der Waals surface area contributed by atoms with Crippen molar-refractivity contribution in [2.75, 3.05) is 32.6 Å². The monoisotopic (exact) mass is 270 g/mol. The lowest BCUT2D eigenvalue weighted by Crippen LogP contribution is -2.29. The van der Waals surface area contributed by atoms with Crippen LogP contribution in [-0.4, -0.2) is 47.3 Å². The molecule has 0 saturated carbocycles. The summed E-state index contributed by atoms with van der Waals surface area (Å²) < 4.78 is 7.19. The minimum atomic E-state index is 0.518. The molecule has 1 N–H and O–H groups in total. The first-order valence-corrected chi connectivity index (χ1v) is 7.53. The molecule has 102 valence electrons. The second kappa shape index (κ2) is 7.11. The average Bonchev–Trinajstić information content (AvgIpc) is 2.77. The van der Waals surface area contributed by atoms with Crippen LogP contribution in [0.15, 0.2) is 5.16 Å². The van der Waals surface area contributed by atoms with Crippen molar-refractivity contribution < 1.29 is 4.74 Å². The normalized spacial score (nSPS) is 20.2. The molecule has 1 atom stereocenters. The Morgan fingerprint density at radius 2 is 2.39 bits per heavy atom. The number of thioether (sulfide) groups is 1. The Labute approximate surface area is 113 Å². The van der Waals surface area contributed by atoms with E-state index in [1.54, 1.807) is 18.9 Å². The number of hydrogen-bond acceptors (Lipinski definition) is 5. The van der Waals surface area contributed by atoms with Crippen LogP contribution in [-0.2, 0) is 11.8 Å². The topological polar surface area (TPSA) is 52.0 Å². The molecule has 1 aliphatic heterocycles. The SMILES string of the molecule is COCCCSc1nnc([C@H]2CCCNC2)n1C. The van der Waals surface area contributed by atoms with Gasteiger partial charge in [-0.15, -0.1) is 10.2 Å². The van der Waals surface area contributed by atoms with Gasteiger partial charge in [0.15, 0.2) is 5.16 Å². The first-order chi connectivity index (χ1) is 8.83. The van der Waals surface area contributed by atoms with Crippen molar-refractivity contribution in [3.8, 4) is 0 Å². The molecule has 6 heteroatoms. The van der Waals surface area contributed by atoms with Crippen LogP contribution in [0.2, 0.25) is 0 Å². The molecule has 2 rings (SSSR count). The molecule has 0 bridgehead atoms. The third kappa shape index (κ3) is 3.46. The summed E-state index contributed by atoms with van der Waals surface area (Å²) in [5.41, 5.74) is 0. The van der Waals surface area contributed by atoms with E-state index in [-0.39, 0.29) is 0 Å². The molecule has 2 heterocycles. The van der Waals surface area contributed by atoms with Crippen LogP contribution in [0.25, 0.3) is 0 Å². The van der Waals surface area contributed by atoms with E-state index in [4.69, 9.17) is 4.74 Å². The van der Waals surface area contributed by atoms with Crippen molar-refractivity contribution in [2.24, 2.45) is 7.05 Å². The Morgan fingerprint density at radius 1 is 1.50 bits per heavy atom. The molecule has 0 unspecified atom stereocenters. The second-order valence-corrected chi connectivity index (χ2v) is 5.70. The molecule has 18 heavy (non-hydrogen) atoms. The number of piperidine rings is 1. The van der Waals surface area contributed by atoms with Gasteiger partial charge >= 0.3 is 0 Å². The summed E-state index contributed by atoms with van der Waals surface area (Å²) in [5.74, 6) is 2.67. The molecule has 5 nitrogen and oxygen atoms in total. The first-order valence-electron chi connectivity index (χ1n) is 6.54. The smallest absolute Gasteiger partial charge is 0.190 e. The van der Waals surface area contributed by atoms with Crippen LogP contribution in [0.4, 0.5) is 0 Å². The Kier molecular flexibility index (Phi) is 5.46. The molecule has 1 aliphatic rings. The van der Waals surface area contributed by atoms with Gasteiger partial charge in [0.05, 0.1) is 0 Å². The van der Waals surface area contributed by atoms with E-state index in [0.29, 0.717) is 5.92 Å². The van der Waals surface area contributed by atoms with Crippen LogP contribution in [0.1, 0.15) is 31.0 Å².